The molecule has 9 nitrogen and oxygen atoms in total. The maximum atomic E-state index is 13.0. The Morgan fingerprint density at radius 3 is 2.78 bits per heavy atom. The predicted molar refractivity (Wildman–Crippen MR) is 120 cm³/mol. The van der Waals surface area contributed by atoms with Gasteiger partial charge in [0.1, 0.15) is 0 Å². The average Bonchev–Trinajstić information content (AvgIpc) is 3.17. The van der Waals surface area contributed by atoms with Crippen LogP contribution in [0.1, 0.15) is 53.5 Å². The zero-order valence-corrected chi connectivity index (χ0v) is 19.0. The topological polar surface area (TPSA) is 100 Å². The van der Waals surface area contributed by atoms with Crippen LogP contribution in [0.5, 0.6) is 0 Å². The molecule has 3 N–H and O–H groups in total. The van der Waals surface area contributed by atoms with Gasteiger partial charge in [-0.3, -0.25) is 20.3 Å². The summed E-state index contributed by atoms with van der Waals surface area (Å²) >= 11 is 0. The van der Waals surface area contributed by atoms with Gasteiger partial charge in [0.2, 0.25) is 5.95 Å². The Kier molecular flexibility index (Phi) is 4.73. The highest BCUT2D eigenvalue weighted by Gasteiger charge is 2.46. The van der Waals surface area contributed by atoms with Gasteiger partial charge >= 0.3 is 0 Å². The van der Waals surface area contributed by atoms with Gasteiger partial charge < -0.3 is 10.2 Å². The highest BCUT2D eigenvalue weighted by Crippen LogP contribution is 2.45. The smallest absolute Gasteiger partial charge is 0.255 e. The zero-order chi connectivity index (χ0) is 22.0. The first kappa shape index (κ1) is 20.1. The second-order valence-corrected chi connectivity index (χ2v) is 10.2. The zero-order valence-electron chi connectivity index (χ0n) is 19.0. The van der Waals surface area contributed by atoms with Crippen molar-refractivity contribution in [3.63, 3.8) is 0 Å². The molecule has 6 rings (SSSR count). The molecule has 32 heavy (non-hydrogen) atoms. The Hall–Kier alpha value is -2.52. The van der Waals surface area contributed by atoms with Crippen LogP contribution >= 0.6 is 0 Å². The normalized spacial score (nSPS) is 32.8. The summed E-state index contributed by atoms with van der Waals surface area (Å²) in [6.45, 7) is 8.86. The number of hydrogen-bond donors (Lipinski definition) is 3. The van der Waals surface area contributed by atoms with Crippen LogP contribution in [0.4, 0.5) is 5.95 Å². The van der Waals surface area contributed by atoms with Crippen molar-refractivity contribution in [1.29, 1.82) is 0 Å². The van der Waals surface area contributed by atoms with E-state index in [1.807, 2.05) is 30.9 Å². The van der Waals surface area contributed by atoms with Gasteiger partial charge in [0.15, 0.2) is 0 Å². The fraction of sp³-hybridized carbons (Fsp3) is 0.652. The summed E-state index contributed by atoms with van der Waals surface area (Å²) in [5.41, 5.74) is 10.1. The maximum Gasteiger partial charge on any atom is 0.255 e. The number of carbonyl (C=O) groups is 1. The van der Waals surface area contributed by atoms with Crippen LogP contribution in [0.3, 0.4) is 0 Å². The summed E-state index contributed by atoms with van der Waals surface area (Å²) < 4.78 is 1.83. The lowest BCUT2D eigenvalue weighted by molar-refractivity contribution is 0.0931. The minimum absolute atomic E-state index is 0.0447. The highest BCUT2D eigenvalue weighted by atomic mass is 16.1. The fourth-order valence-corrected chi connectivity index (χ4v) is 5.89. The third-order valence-electron chi connectivity index (χ3n) is 8.00. The van der Waals surface area contributed by atoms with Gasteiger partial charge in [-0.15, -0.1) is 0 Å². The monoisotopic (exact) mass is 436 g/mol. The van der Waals surface area contributed by atoms with Crippen molar-refractivity contribution in [2.24, 2.45) is 17.8 Å². The van der Waals surface area contributed by atoms with Gasteiger partial charge in [0.05, 0.1) is 17.8 Å². The summed E-state index contributed by atoms with van der Waals surface area (Å²) in [7, 11) is 0. The molecule has 0 aromatic carbocycles. The van der Waals surface area contributed by atoms with Gasteiger partial charge in [-0.05, 0) is 57.8 Å². The second kappa shape index (κ2) is 7.52. The van der Waals surface area contributed by atoms with Gasteiger partial charge in [0.25, 0.3) is 5.91 Å². The van der Waals surface area contributed by atoms with E-state index in [2.05, 4.69) is 38.1 Å². The number of fused-ring (bicyclic) bond motifs is 2. The number of hydrazine groups is 1. The summed E-state index contributed by atoms with van der Waals surface area (Å²) in [6.07, 6.45) is 7.27. The Balaban J connectivity index is 1.12. The Morgan fingerprint density at radius 1 is 1.19 bits per heavy atom. The lowest BCUT2D eigenvalue weighted by Crippen LogP contribution is -2.47. The van der Waals surface area contributed by atoms with Crippen molar-refractivity contribution < 1.29 is 4.79 Å². The SMILES string of the molecule is Cc1nc(N2CC3CC3C2)ncc1Cn1cc(C(=O)N[C@@H]2CCC3C(C)NNC32)c(C)n1. The minimum atomic E-state index is -0.0447. The summed E-state index contributed by atoms with van der Waals surface area (Å²) in [4.78, 5) is 24.7. The number of anilines is 1. The number of aromatic nitrogens is 4. The van der Waals surface area contributed by atoms with Crippen LogP contribution in [0.25, 0.3) is 0 Å². The molecular formula is C23H32N8O. The van der Waals surface area contributed by atoms with E-state index in [9.17, 15) is 4.79 Å². The van der Waals surface area contributed by atoms with Gasteiger partial charge in [-0.2, -0.15) is 5.10 Å². The Bertz CT molecular complexity index is 1040. The van der Waals surface area contributed by atoms with Crippen LogP contribution in [0.15, 0.2) is 12.4 Å². The molecule has 4 aliphatic rings. The van der Waals surface area contributed by atoms with Gasteiger partial charge in [-0.1, -0.05) is 0 Å². The Labute approximate surface area is 188 Å². The van der Waals surface area contributed by atoms with E-state index >= 15 is 0 Å². The molecule has 4 fully saturated rings. The number of nitrogens with zero attached hydrogens (tertiary/aromatic N) is 5. The molecule has 9 heteroatoms. The van der Waals surface area contributed by atoms with Crippen molar-refractivity contribution in [2.45, 2.75) is 64.7 Å². The molecule has 2 saturated carbocycles. The summed E-state index contributed by atoms with van der Waals surface area (Å²) in [5.74, 6) is 3.08. The highest BCUT2D eigenvalue weighted by molar-refractivity contribution is 5.95. The number of hydrogen-bond acceptors (Lipinski definition) is 7. The molecule has 0 spiro atoms. The number of piperidine rings is 1. The van der Waals surface area contributed by atoms with Crippen LogP contribution in [-0.2, 0) is 6.54 Å². The van der Waals surface area contributed by atoms with Crippen molar-refractivity contribution in [3.8, 4) is 0 Å². The van der Waals surface area contributed by atoms with Crippen LogP contribution in [-0.4, -0.2) is 56.9 Å². The Morgan fingerprint density at radius 2 is 2.00 bits per heavy atom. The quantitative estimate of drug-likeness (QED) is 0.647. The van der Waals surface area contributed by atoms with E-state index in [1.54, 1.807) is 0 Å². The first-order chi connectivity index (χ1) is 15.5. The number of amides is 1. The second-order valence-electron chi connectivity index (χ2n) is 10.2. The van der Waals surface area contributed by atoms with Crippen molar-refractivity contribution in [2.75, 3.05) is 18.0 Å². The lowest BCUT2D eigenvalue weighted by atomic mass is 9.98. The third kappa shape index (κ3) is 3.47. The van der Waals surface area contributed by atoms with Crippen molar-refractivity contribution >= 4 is 11.9 Å². The molecule has 2 saturated heterocycles. The van der Waals surface area contributed by atoms with Crippen molar-refractivity contribution in [1.82, 2.24) is 35.9 Å². The van der Waals surface area contributed by atoms with E-state index in [-0.39, 0.29) is 11.9 Å². The molecule has 170 valence electrons. The number of aryl methyl sites for hydroxylation is 2. The van der Waals surface area contributed by atoms with Crippen LogP contribution < -0.4 is 21.1 Å². The largest absolute Gasteiger partial charge is 0.348 e. The minimum Gasteiger partial charge on any atom is -0.348 e. The van der Waals surface area contributed by atoms with Gasteiger partial charge in [-0.25, -0.2) is 9.97 Å². The standard InChI is InChI=1S/C23H32N8O/c1-12-17(7-24-23(25-12)30-8-15-6-16(15)9-30)10-31-11-19(14(3)29-31)22(32)26-20-5-4-18-13(2)27-28-21(18)20/h7,11,13,15-16,18,20-21,27-28H,4-6,8-10H2,1-3H3,(H,26,32)/t13?,15?,16?,18?,20-,21?/m1/s1. The molecule has 5 unspecified atom stereocenters. The number of nitrogens with one attached hydrogen (secondary N) is 3. The molecule has 2 aromatic rings. The molecule has 4 heterocycles. The third-order valence-corrected chi connectivity index (χ3v) is 8.00. The average molecular weight is 437 g/mol. The van der Waals surface area contributed by atoms with E-state index in [4.69, 9.17) is 4.98 Å². The molecular weight excluding hydrogens is 404 g/mol. The number of carbonyl (C=O) groups excluding carboxylic acids is 1. The molecule has 2 aliphatic heterocycles. The van der Waals surface area contributed by atoms with Crippen molar-refractivity contribution in [3.05, 3.63) is 34.9 Å². The van der Waals surface area contributed by atoms with E-state index < -0.39 is 0 Å². The van der Waals surface area contributed by atoms with Gasteiger partial charge in [0, 0.05) is 54.9 Å². The molecule has 2 aliphatic carbocycles. The summed E-state index contributed by atoms with van der Waals surface area (Å²) in [6, 6.07) is 0.885. The van der Waals surface area contributed by atoms with E-state index in [0.717, 1.165) is 60.7 Å². The molecule has 0 bridgehead atoms. The van der Waals surface area contributed by atoms with E-state index in [0.29, 0.717) is 30.1 Å². The number of rotatable bonds is 5. The van der Waals surface area contributed by atoms with Crippen LogP contribution in [0.2, 0.25) is 0 Å². The fourth-order valence-electron chi connectivity index (χ4n) is 5.89. The first-order valence-electron chi connectivity index (χ1n) is 11.9. The molecule has 0 radical (unpaired) electrons. The molecule has 6 atom stereocenters. The maximum absolute atomic E-state index is 13.0. The summed E-state index contributed by atoms with van der Waals surface area (Å²) in [5, 5.41) is 7.84. The van der Waals surface area contributed by atoms with Crippen LogP contribution in [0, 0.1) is 31.6 Å². The molecule has 2 aromatic heterocycles. The molecule has 1 amide bonds. The predicted octanol–water partition coefficient (Wildman–Crippen LogP) is 1.17. The van der Waals surface area contributed by atoms with E-state index in [1.165, 1.54) is 6.42 Å². The lowest BCUT2D eigenvalue weighted by Gasteiger charge is -2.19. The first-order valence-corrected chi connectivity index (χ1v) is 11.9.